The Balaban J connectivity index is 1.71. The number of hydrogen-bond donors (Lipinski definition) is 2. The van der Waals surface area contributed by atoms with Crippen LogP contribution in [0, 0.1) is 39.9 Å². The summed E-state index contributed by atoms with van der Waals surface area (Å²) < 4.78 is 0. The van der Waals surface area contributed by atoms with Crippen molar-refractivity contribution in [2.45, 2.75) is 131 Å². The first-order chi connectivity index (χ1) is 15.5. The van der Waals surface area contributed by atoms with Gasteiger partial charge in [-0.2, -0.15) is 0 Å². The maximum atomic E-state index is 12.1. The van der Waals surface area contributed by atoms with Crippen LogP contribution in [0.15, 0.2) is 11.1 Å². The van der Waals surface area contributed by atoms with Crippen LogP contribution in [0.2, 0.25) is 0 Å². The van der Waals surface area contributed by atoms with Gasteiger partial charge < -0.3 is 10.4 Å². The van der Waals surface area contributed by atoms with Crippen LogP contribution in [-0.4, -0.2) is 23.2 Å². The molecule has 3 heteroatoms. The highest BCUT2D eigenvalue weighted by Gasteiger charge is 2.66. The molecule has 0 heterocycles. The highest BCUT2D eigenvalue weighted by molar-refractivity contribution is 5.55. The van der Waals surface area contributed by atoms with Gasteiger partial charge in [0.25, 0.3) is 0 Å². The number of amides is 1. The van der Waals surface area contributed by atoms with E-state index in [-0.39, 0.29) is 27.9 Å². The Morgan fingerprint density at radius 2 is 1.64 bits per heavy atom. The first-order valence-electron chi connectivity index (χ1n) is 14.1. The van der Waals surface area contributed by atoms with Crippen LogP contribution in [0.4, 0.5) is 0 Å². The van der Waals surface area contributed by atoms with Crippen LogP contribution < -0.4 is 5.32 Å². The Hall–Kier alpha value is -0.830. The minimum atomic E-state index is -0.177. The van der Waals surface area contributed by atoms with Gasteiger partial charge >= 0.3 is 0 Å². The summed E-state index contributed by atoms with van der Waals surface area (Å²) >= 11 is 0. The number of carbonyl (C=O) groups excluding carboxylic acids is 1. The van der Waals surface area contributed by atoms with E-state index in [2.05, 4.69) is 53.8 Å². The van der Waals surface area contributed by atoms with Crippen molar-refractivity contribution < 1.29 is 9.90 Å². The van der Waals surface area contributed by atoms with Crippen molar-refractivity contribution in [3.63, 3.8) is 0 Å². The largest absolute Gasteiger partial charge is 0.393 e. The van der Waals surface area contributed by atoms with Crippen LogP contribution >= 0.6 is 0 Å². The fraction of sp³-hybridized carbons (Fsp3) is 0.900. The maximum absolute atomic E-state index is 12.1. The fourth-order valence-corrected chi connectivity index (χ4v) is 9.62. The lowest BCUT2D eigenvalue weighted by Gasteiger charge is -2.64. The lowest BCUT2D eigenvalue weighted by atomic mass is 9.42. The molecule has 0 aromatic rings. The second-order valence-electron chi connectivity index (χ2n) is 13.6. The Morgan fingerprint density at radius 3 is 2.30 bits per heavy atom. The molecule has 8 atom stereocenters. The lowest BCUT2D eigenvalue weighted by Crippen LogP contribution is -2.63. The van der Waals surface area contributed by atoms with Gasteiger partial charge in [0.1, 0.15) is 0 Å². The second-order valence-corrected chi connectivity index (χ2v) is 13.6. The highest BCUT2D eigenvalue weighted by atomic mass is 16.3. The summed E-state index contributed by atoms with van der Waals surface area (Å²) in [6.07, 6.45) is 13.7. The van der Waals surface area contributed by atoms with Gasteiger partial charge in [-0.05, 0) is 96.9 Å². The summed E-state index contributed by atoms with van der Waals surface area (Å²) in [7, 11) is 0. The number of carbonyl (C=O) groups is 1. The van der Waals surface area contributed by atoms with Gasteiger partial charge in [-0.3, -0.25) is 4.79 Å². The summed E-state index contributed by atoms with van der Waals surface area (Å²) in [4.78, 5) is 12.1. The van der Waals surface area contributed by atoms with Gasteiger partial charge in [0.05, 0.1) is 11.6 Å². The minimum absolute atomic E-state index is 0.138. The van der Waals surface area contributed by atoms with Crippen LogP contribution in [0.3, 0.4) is 0 Å². The molecule has 0 saturated heterocycles. The molecule has 0 aromatic carbocycles. The lowest BCUT2D eigenvalue weighted by molar-refractivity contribution is -0.114. The van der Waals surface area contributed by atoms with Crippen molar-refractivity contribution in [1.82, 2.24) is 5.32 Å². The maximum Gasteiger partial charge on any atom is 0.207 e. The standard InChI is InChI=1S/C30H51NO2/c1-20(2)9-8-10-21(3)23-13-18-30(31-19-32)25-12-15-27(5)22(4)26(33)14-17-28(27,6)24(25)11-16-29(23,30)7/h19-23,26,33H,8-18H2,1-7H3,(H,31,32)/t21-,22?,23-,26+,27+,28-,29-,30-/m1/s1. The van der Waals surface area contributed by atoms with E-state index in [1.54, 1.807) is 11.1 Å². The fourth-order valence-electron chi connectivity index (χ4n) is 9.62. The molecule has 1 unspecified atom stereocenters. The normalized spacial score (nSPS) is 45.9. The first-order valence-corrected chi connectivity index (χ1v) is 14.1. The third kappa shape index (κ3) is 3.49. The number of rotatable bonds is 7. The molecular weight excluding hydrogens is 406 g/mol. The zero-order valence-electron chi connectivity index (χ0n) is 22.6. The van der Waals surface area contributed by atoms with Gasteiger partial charge in [0, 0.05) is 0 Å². The number of nitrogens with one attached hydrogen (secondary N) is 1. The van der Waals surface area contributed by atoms with E-state index in [4.69, 9.17) is 0 Å². The molecule has 2 N–H and O–H groups in total. The van der Waals surface area contributed by atoms with E-state index in [1.807, 2.05) is 0 Å². The second kappa shape index (κ2) is 8.68. The molecule has 0 aromatic heterocycles. The third-order valence-electron chi connectivity index (χ3n) is 12.2. The Bertz CT molecular complexity index is 788. The quantitative estimate of drug-likeness (QED) is 0.318. The molecule has 4 rings (SSSR count). The molecule has 4 aliphatic carbocycles. The molecule has 3 nitrogen and oxygen atoms in total. The highest BCUT2D eigenvalue weighted by Crippen LogP contribution is 2.71. The van der Waals surface area contributed by atoms with Crippen molar-refractivity contribution in [1.29, 1.82) is 0 Å². The van der Waals surface area contributed by atoms with Crippen LogP contribution in [0.5, 0.6) is 0 Å². The van der Waals surface area contributed by atoms with E-state index in [1.165, 1.54) is 38.5 Å². The van der Waals surface area contributed by atoms with Gasteiger partial charge in [0.15, 0.2) is 0 Å². The summed E-state index contributed by atoms with van der Waals surface area (Å²) in [5.41, 5.74) is 3.52. The van der Waals surface area contributed by atoms with Gasteiger partial charge in [0.2, 0.25) is 6.41 Å². The number of allylic oxidation sites excluding steroid dienone is 1. The predicted octanol–water partition coefficient (Wildman–Crippen LogP) is 7.04. The summed E-state index contributed by atoms with van der Waals surface area (Å²) in [6, 6.07) is 0. The monoisotopic (exact) mass is 457 g/mol. The van der Waals surface area contributed by atoms with Crippen molar-refractivity contribution in [2.24, 2.45) is 39.9 Å². The zero-order chi connectivity index (χ0) is 24.2. The van der Waals surface area contributed by atoms with E-state index in [9.17, 15) is 9.90 Å². The SMILES string of the molecule is CC(C)CCC[C@@H](C)[C@H]1CC[C@@]2(NC=O)C3=C(CC[C@]12C)[C@@]1(C)CC[C@H](O)C(C)[C@]1(C)CC3. The van der Waals surface area contributed by atoms with E-state index in [0.29, 0.717) is 17.8 Å². The Morgan fingerprint density at radius 1 is 0.970 bits per heavy atom. The van der Waals surface area contributed by atoms with E-state index >= 15 is 0 Å². The number of aliphatic hydroxyl groups excluding tert-OH is 1. The molecule has 2 fully saturated rings. The van der Waals surface area contributed by atoms with Crippen molar-refractivity contribution in [3.8, 4) is 0 Å². The number of hydrogen-bond acceptors (Lipinski definition) is 2. The number of fused-ring (bicyclic) bond motifs is 4. The molecule has 1 amide bonds. The van der Waals surface area contributed by atoms with Gasteiger partial charge in [-0.1, -0.05) is 73.3 Å². The molecule has 0 radical (unpaired) electrons. The smallest absolute Gasteiger partial charge is 0.207 e. The van der Waals surface area contributed by atoms with Crippen LogP contribution in [0.25, 0.3) is 0 Å². The van der Waals surface area contributed by atoms with E-state index < -0.39 is 0 Å². The zero-order valence-corrected chi connectivity index (χ0v) is 22.6. The number of aliphatic hydroxyl groups is 1. The Labute approximate surface area is 203 Å². The summed E-state index contributed by atoms with van der Waals surface area (Å²) in [5, 5.41) is 14.3. The van der Waals surface area contributed by atoms with Crippen molar-refractivity contribution >= 4 is 6.41 Å². The first kappa shape index (κ1) is 25.3. The molecule has 0 bridgehead atoms. The summed E-state index contributed by atoms with van der Waals surface area (Å²) in [5.74, 6) is 2.49. The minimum Gasteiger partial charge on any atom is -0.393 e. The summed E-state index contributed by atoms with van der Waals surface area (Å²) in [6.45, 7) is 16.9. The predicted molar refractivity (Wildman–Crippen MR) is 137 cm³/mol. The van der Waals surface area contributed by atoms with Crippen LogP contribution in [0.1, 0.15) is 119 Å². The average Bonchev–Trinajstić information content (AvgIpc) is 3.06. The Kier molecular flexibility index (Phi) is 6.65. The molecule has 33 heavy (non-hydrogen) atoms. The van der Waals surface area contributed by atoms with Crippen molar-refractivity contribution in [2.75, 3.05) is 0 Å². The van der Waals surface area contributed by atoms with Crippen LogP contribution in [-0.2, 0) is 4.79 Å². The average molecular weight is 458 g/mol. The molecule has 188 valence electrons. The van der Waals surface area contributed by atoms with Gasteiger partial charge in [-0.25, -0.2) is 0 Å². The molecule has 0 spiro atoms. The van der Waals surface area contributed by atoms with E-state index in [0.717, 1.165) is 44.4 Å². The molecule has 2 saturated carbocycles. The topological polar surface area (TPSA) is 49.3 Å². The van der Waals surface area contributed by atoms with Crippen molar-refractivity contribution in [3.05, 3.63) is 11.1 Å². The van der Waals surface area contributed by atoms with Gasteiger partial charge in [-0.15, -0.1) is 0 Å². The molecular formula is C30H51NO2. The molecule has 4 aliphatic rings. The molecule has 0 aliphatic heterocycles. The third-order valence-corrected chi connectivity index (χ3v) is 12.2.